The van der Waals surface area contributed by atoms with Crippen LogP contribution in [0.1, 0.15) is 117 Å². The Balaban J connectivity index is 3.05. The normalized spacial score (nSPS) is 14.2. The molecule has 0 aromatic rings. The van der Waals surface area contributed by atoms with Crippen molar-refractivity contribution in [2.45, 2.75) is 129 Å². The molecule has 0 aliphatic heterocycles. The van der Waals surface area contributed by atoms with E-state index >= 15 is 0 Å². The minimum atomic E-state index is -0.373. The van der Waals surface area contributed by atoms with E-state index in [0.717, 1.165) is 12.8 Å². The number of rotatable bonds is 17. The lowest BCUT2D eigenvalue weighted by atomic mass is 10.0. The van der Waals surface area contributed by atoms with Crippen molar-refractivity contribution in [2.24, 2.45) is 0 Å². The summed E-state index contributed by atoms with van der Waals surface area (Å²) in [5.74, 6) is 0. The van der Waals surface area contributed by atoms with E-state index in [1.165, 1.54) is 83.5 Å². The molecule has 0 aliphatic carbocycles. The second-order valence-corrected chi connectivity index (χ2v) is 7.12. The number of unbranched alkanes of at least 4 members (excludes halogenated alkanes) is 13. The van der Waals surface area contributed by atoms with Gasteiger partial charge in [0, 0.05) is 0 Å². The van der Waals surface area contributed by atoms with Gasteiger partial charge in [-0.25, -0.2) is 0 Å². The molecule has 2 N–H and O–H groups in total. The first kappa shape index (κ1) is 21.9. The zero-order valence-corrected chi connectivity index (χ0v) is 15.4. The van der Waals surface area contributed by atoms with Gasteiger partial charge in [0.1, 0.15) is 0 Å². The summed E-state index contributed by atoms with van der Waals surface area (Å²) in [7, 11) is 0. The summed E-state index contributed by atoms with van der Waals surface area (Å²) in [5.41, 5.74) is 0. The molecule has 0 bridgehead atoms. The molecule has 0 rings (SSSR count). The van der Waals surface area contributed by atoms with Crippen molar-refractivity contribution >= 4 is 0 Å². The van der Waals surface area contributed by atoms with Gasteiger partial charge in [0.15, 0.2) is 0 Å². The first-order chi connectivity index (χ1) is 10.7. The van der Waals surface area contributed by atoms with Crippen LogP contribution in [-0.4, -0.2) is 22.4 Å². The Kier molecular flexibility index (Phi) is 17.2. The Bertz CT molecular complexity index is 204. The summed E-state index contributed by atoms with van der Waals surface area (Å²) < 4.78 is 0. The monoisotopic (exact) mass is 314 g/mol. The van der Waals surface area contributed by atoms with Gasteiger partial charge in [-0.3, -0.25) is 0 Å². The van der Waals surface area contributed by atoms with Crippen molar-refractivity contribution in [3.63, 3.8) is 0 Å². The molecule has 0 fully saturated rings. The van der Waals surface area contributed by atoms with Gasteiger partial charge in [-0.1, -0.05) is 96.8 Å². The van der Waals surface area contributed by atoms with Crippen LogP contribution in [0.15, 0.2) is 0 Å². The highest BCUT2D eigenvalue weighted by Crippen LogP contribution is 2.14. The highest BCUT2D eigenvalue weighted by Gasteiger charge is 2.06. The lowest BCUT2D eigenvalue weighted by Crippen LogP contribution is -2.14. The van der Waals surface area contributed by atoms with Gasteiger partial charge in [0.05, 0.1) is 12.2 Å². The van der Waals surface area contributed by atoms with Crippen LogP contribution in [0.3, 0.4) is 0 Å². The van der Waals surface area contributed by atoms with Crippen LogP contribution in [0.25, 0.3) is 0 Å². The minimum Gasteiger partial charge on any atom is -0.393 e. The van der Waals surface area contributed by atoms with Crippen LogP contribution in [0.2, 0.25) is 0 Å². The molecule has 0 aliphatic rings. The summed E-state index contributed by atoms with van der Waals surface area (Å²) in [6.07, 6.45) is 19.8. The molecule has 2 unspecified atom stereocenters. The van der Waals surface area contributed by atoms with E-state index < -0.39 is 0 Å². The van der Waals surface area contributed by atoms with Gasteiger partial charge in [0.25, 0.3) is 0 Å². The Morgan fingerprint density at radius 2 is 0.955 bits per heavy atom. The van der Waals surface area contributed by atoms with E-state index in [2.05, 4.69) is 6.92 Å². The fourth-order valence-corrected chi connectivity index (χ4v) is 3.09. The van der Waals surface area contributed by atoms with Crippen molar-refractivity contribution in [3.05, 3.63) is 0 Å². The van der Waals surface area contributed by atoms with Crippen molar-refractivity contribution in [1.82, 2.24) is 0 Å². The number of hydrogen-bond donors (Lipinski definition) is 2. The van der Waals surface area contributed by atoms with Gasteiger partial charge < -0.3 is 10.2 Å². The lowest BCUT2D eigenvalue weighted by molar-refractivity contribution is 0.0834. The average Bonchev–Trinajstić information content (AvgIpc) is 2.47. The van der Waals surface area contributed by atoms with E-state index in [1.54, 1.807) is 6.92 Å². The molecule has 0 spiro atoms. The van der Waals surface area contributed by atoms with Crippen LogP contribution in [-0.2, 0) is 0 Å². The third-order valence-corrected chi connectivity index (χ3v) is 4.50. The number of aliphatic hydroxyl groups excluding tert-OH is 2. The summed E-state index contributed by atoms with van der Waals surface area (Å²) in [6, 6.07) is 0. The molecule has 0 saturated heterocycles. The standard InChI is InChI=1S/C20H42O2/c1-3-4-5-6-7-8-9-10-11-12-13-14-15-16-17-20(22)18-19(2)21/h19-22H,3-18H2,1-2H3. The maximum absolute atomic E-state index is 9.65. The largest absolute Gasteiger partial charge is 0.393 e. The van der Waals surface area contributed by atoms with Crippen LogP contribution < -0.4 is 0 Å². The first-order valence-corrected chi connectivity index (χ1v) is 10.0. The number of hydrogen-bond acceptors (Lipinski definition) is 2. The summed E-state index contributed by atoms with van der Waals surface area (Å²) in [6.45, 7) is 4.02. The van der Waals surface area contributed by atoms with Gasteiger partial charge >= 0.3 is 0 Å². The summed E-state index contributed by atoms with van der Waals surface area (Å²) >= 11 is 0. The maximum atomic E-state index is 9.65. The minimum absolute atomic E-state index is 0.308. The highest BCUT2D eigenvalue weighted by molar-refractivity contribution is 4.60. The zero-order valence-electron chi connectivity index (χ0n) is 15.4. The molecule has 2 heteroatoms. The van der Waals surface area contributed by atoms with E-state index in [4.69, 9.17) is 0 Å². The second kappa shape index (κ2) is 17.3. The molecular weight excluding hydrogens is 272 g/mol. The van der Waals surface area contributed by atoms with Gasteiger partial charge in [-0.15, -0.1) is 0 Å². The van der Waals surface area contributed by atoms with E-state index in [0.29, 0.717) is 6.42 Å². The van der Waals surface area contributed by atoms with Crippen LogP contribution in [0.4, 0.5) is 0 Å². The molecule has 2 nitrogen and oxygen atoms in total. The van der Waals surface area contributed by atoms with E-state index in [-0.39, 0.29) is 12.2 Å². The topological polar surface area (TPSA) is 40.5 Å². The Morgan fingerprint density at radius 1 is 0.591 bits per heavy atom. The predicted octanol–water partition coefficient (Wildman–Crippen LogP) is 5.99. The predicted molar refractivity (Wildman–Crippen MR) is 97.2 cm³/mol. The van der Waals surface area contributed by atoms with E-state index in [1.807, 2.05) is 0 Å². The van der Waals surface area contributed by atoms with Crippen molar-refractivity contribution in [1.29, 1.82) is 0 Å². The molecule has 0 aromatic carbocycles. The molecule has 0 saturated carbocycles. The lowest BCUT2D eigenvalue weighted by Gasteiger charge is -2.11. The molecule has 0 aromatic heterocycles. The third-order valence-electron chi connectivity index (χ3n) is 4.50. The van der Waals surface area contributed by atoms with Crippen LogP contribution in [0, 0.1) is 0 Å². The summed E-state index contributed by atoms with van der Waals surface area (Å²) in [4.78, 5) is 0. The quantitative estimate of drug-likeness (QED) is 0.324. The Labute approximate surface area is 139 Å². The van der Waals surface area contributed by atoms with E-state index in [9.17, 15) is 10.2 Å². The fourth-order valence-electron chi connectivity index (χ4n) is 3.09. The Hall–Kier alpha value is -0.0800. The second-order valence-electron chi connectivity index (χ2n) is 7.12. The van der Waals surface area contributed by atoms with Gasteiger partial charge in [-0.05, 0) is 19.8 Å². The molecule has 0 radical (unpaired) electrons. The van der Waals surface area contributed by atoms with Crippen molar-refractivity contribution in [3.8, 4) is 0 Å². The van der Waals surface area contributed by atoms with Crippen LogP contribution in [0.5, 0.6) is 0 Å². The first-order valence-electron chi connectivity index (χ1n) is 10.0. The molecule has 0 amide bonds. The smallest absolute Gasteiger partial charge is 0.0564 e. The highest BCUT2D eigenvalue weighted by atomic mass is 16.3. The average molecular weight is 315 g/mol. The molecule has 134 valence electrons. The third kappa shape index (κ3) is 18.0. The van der Waals surface area contributed by atoms with Crippen molar-refractivity contribution < 1.29 is 10.2 Å². The number of aliphatic hydroxyl groups is 2. The molecule has 2 atom stereocenters. The van der Waals surface area contributed by atoms with Crippen LogP contribution >= 0.6 is 0 Å². The zero-order chi connectivity index (χ0) is 16.5. The molecule has 0 heterocycles. The van der Waals surface area contributed by atoms with Gasteiger partial charge in [-0.2, -0.15) is 0 Å². The maximum Gasteiger partial charge on any atom is 0.0564 e. The van der Waals surface area contributed by atoms with Gasteiger partial charge in [0.2, 0.25) is 0 Å². The fraction of sp³-hybridized carbons (Fsp3) is 1.00. The molecule has 22 heavy (non-hydrogen) atoms. The SMILES string of the molecule is CCCCCCCCCCCCCCCCC(O)CC(C)O. The Morgan fingerprint density at radius 3 is 1.32 bits per heavy atom. The molecular formula is C20H42O2. The van der Waals surface area contributed by atoms with Crippen molar-refractivity contribution in [2.75, 3.05) is 0 Å². The summed E-state index contributed by atoms with van der Waals surface area (Å²) in [5, 5.41) is 18.8.